The van der Waals surface area contributed by atoms with E-state index in [2.05, 4.69) is 13.8 Å². The summed E-state index contributed by atoms with van der Waals surface area (Å²) in [4.78, 5) is 11.0. The summed E-state index contributed by atoms with van der Waals surface area (Å²) in [5.74, 6) is -0.166. The molecule has 0 spiro atoms. The second-order valence-corrected chi connectivity index (χ2v) is 4.09. The van der Waals surface area contributed by atoms with Gasteiger partial charge in [0.1, 0.15) is 0 Å². The third-order valence-electron chi connectivity index (χ3n) is 2.48. The van der Waals surface area contributed by atoms with E-state index in [1.165, 1.54) is 25.7 Å². The Kier molecular flexibility index (Phi) is 10.5. The lowest BCUT2D eigenvalue weighted by Crippen LogP contribution is -2.13. The molecule has 0 fully saturated rings. The van der Waals surface area contributed by atoms with Gasteiger partial charge in [-0.1, -0.05) is 32.6 Å². The Bertz CT molecular complexity index is 169. The smallest absolute Gasteiger partial charge is 0.308 e. The van der Waals surface area contributed by atoms with E-state index in [4.69, 9.17) is 9.47 Å². The largest absolute Gasteiger partial charge is 0.466 e. The third-order valence-corrected chi connectivity index (χ3v) is 2.48. The van der Waals surface area contributed by atoms with Gasteiger partial charge in [-0.05, 0) is 20.3 Å². The fraction of sp³-hybridized carbons (Fsp3) is 0.923. The summed E-state index contributed by atoms with van der Waals surface area (Å²) in [5.41, 5.74) is 0. The Morgan fingerprint density at radius 1 is 1.19 bits per heavy atom. The van der Waals surface area contributed by atoms with Gasteiger partial charge in [0.05, 0.1) is 25.7 Å². The van der Waals surface area contributed by atoms with E-state index < -0.39 is 0 Å². The van der Waals surface area contributed by atoms with Crippen molar-refractivity contribution >= 4 is 5.97 Å². The standard InChI is InChI=1S/C13H26O3/c1-4-6-7-8-9-12(3)16-11-10-13(14)15-5-2/h12H,4-11H2,1-3H3. The maximum Gasteiger partial charge on any atom is 0.308 e. The van der Waals surface area contributed by atoms with Gasteiger partial charge in [0.25, 0.3) is 0 Å². The minimum absolute atomic E-state index is 0.166. The Morgan fingerprint density at radius 2 is 1.94 bits per heavy atom. The first-order valence-corrected chi connectivity index (χ1v) is 6.47. The monoisotopic (exact) mass is 230 g/mol. The molecule has 0 amide bonds. The van der Waals surface area contributed by atoms with E-state index in [-0.39, 0.29) is 12.1 Å². The Balaban J connectivity index is 3.29. The second kappa shape index (κ2) is 10.9. The molecule has 0 rings (SSSR count). The van der Waals surface area contributed by atoms with Gasteiger partial charge in [-0.2, -0.15) is 0 Å². The topological polar surface area (TPSA) is 35.5 Å². The highest BCUT2D eigenvalue weighted by Gasteiger charge is 2.05. The number of carbonyl (C=O) groups is 1. The van der Waals surface area contributed by atoms with E-state index in [1.807, 2.05) is 6.92 Å². The molecule has 16 heavy (non-hydrogen) atoms. The zero-order valence-electron chi connectivity index (χ0n) is 11.0. The SMILES string of the molecule is CCCCCCC(C)OCCC(=O)OCC. The van der Waals surface area contributed by atoms with Gasteiger partial charge in [0.2, 0.25) is 0 Å². The van der Waals surface area contributed by atoms with Crippen molar-refractivity contribution in [2.24, 2.45) is 0 Å². The highest BCUT2D eigenvalue weighted by Crippen LogP contribution is 2.08. The highest BCUT2D eigenvalue weighted by molar-refractivity contribution is 5.69. The molecule has 0 aromatic heterocycles. The predicted molar refractivity (Wildman–Crippen MR) is 65.4 cm³/mol. The molecule has 3 nitrogen and oxygen atoms in total. The summed E-state index contributed by atoms with van der Waals surface area (Å²) in [6.07, 6.45) is 6.77. The number of rotatable bonds is 10. The molecule has 0 saturated heterocycles. The molecule has 0 bridgehead atoms. The highest BCUT2D eigenvalue weighted by atomic mass is 16.5. The quantitative estimate of drug-likeness (QED) is 0.426. The van der Waals surface area contributed by atoms with Crippen LogP contribution in [0.15, 0.2) is 0 Å². The fourth-order valence-electron chi connectivity index (χ4n) is 1.52. The molecular weight excluding hydrogens is 204 g/mol. The lowest BCUT2D eigenvalue weighted by molar-refractivity contribution is -0.144. The molecule has 1 unspecified atom stereocenters. The summed E-state index contributed by atoms with van der Waals surface area (Å²) in [6, 6.07) is 0. The van der Waals surface area contributed by atoms with Gasteiger partial charge >= 0.3 is 5.97 Å². The van der Waals surface area contributed by atoms with Crippen molar-refractivity contribution in [3.8, 4) is 0 Å². The number of esters is 1. The van der Waals surface area contributed by atoms with Gasteiger partial charge in [0.15, 0.2) is 0 Å². The van der Waals surface area contributed by atoms with Gasteiger partial charge in [-0.15, -0.1) is 0 Å². The van der Waals surface area contributed by atoms with Crippen LogP contribution in [-0.2, 0) is 14.3 Å². The van der Waals surface area contributed by atoms with Crippen molar-refractivity contribution in [3.63, 3.8) is 0 Å². The van der Waals surface area contributed by atoms with Crippen LogP contribution in [0.25, 0.3) is 0 Å². The van der Waals surface area contributed by atoms with Crippen molar-refractivity contribution in [2.75, 3.05) is 13.2 Å². The van der Waals surface area contributed by atoms with E-state index >= 15 is 0 Å². The van der Waals surface area contributed by atoms with Gasteiger partial charge in [-0.25, -0.2) is 0 Å². The predicted octanol–water partition coefficient (Wildman–Crippen LogP) is 3.32. The average molecular weight is 230 g/mol. The molecule has 0 aliphatic heterocycles. The number of hydrogen-bond acceptors (Lipinski definition) is 3. The van der Waals surface area contributed by atoms with Crippen molar-refractivity contribution < 1.29 is 14.3 Å². The fourth-order valence-corrected chi connectivity index (χ4v) is 1.52. The summed E-state index contributed by atoms with van der Waals surface area (Å²) in [5, 5.41) is 0. The van der Waals surface area contributed by atoms with Crippen LogP contribution in [0.4, 0.5) is 0 Å². The Labute approximate surface area is 99.5 Å². The summed E-state index contributed by atoms with van der Waals surface area (Å²) >= 11 is 0. The molecule has 3 heteroatoms. The van der Waals surface area contributed by atoms with Gasteiger partial charge in [-0.3, -0.25) is 4.79 Å². The zero-order chi connectivity index (χ0) is 12.2. The third kappa shape index (κ3) is 9.97. The van der Waals surface area contributed by atoms with Crippen LogP contribution < -0.4 is 0 Å². The summed E-state index contributed by atoms with van der Waals surface area (Å²) in [7, 11) is 0. The van der Waals surface area contributed by atoms with Crippen LogP contribution in [0, 0.1) is 0 Å². The normalized spacial score (nSPS) is 12.4. The Morgan fingerprint density at radius 3 is 2.56 bits per heavy atom. The first-order chi connectivity index (χ1) is 7.70. The molecule has 0 aliphatic rings. The first-order valence-electron chi connectivity index (χ1n) is 6.47. The van der Waals surface area contributed by atoms with Crippen LogP contribution in [0.1, 0.15) is 59.3 Å². The van der Waals surface area contributed by atoms with Crippen LogP contribution in [-0.4, -0.2) is 25.3 Å². The molecule has 0 aliphatic carbocycles. The average Bonchev–Trinajstić information content (AvgIpc) is 2.25. The minimum Gasteiger partial charge on any atom is -0.466 e. The molecule has 0 heterocycles. The lowest BCUT2D eigenvalue weighted by Gasteiger charge is -2.12. The molecule has 0 saturated carbocycles. The molecule has 0 aromatic rings. The maximum atomic E-state index is 11.0. The van der Waals surface area contributed by atoms with E-state index in [9.17, 15) is 4.79 Å². The number of ether oxygens (including phenoxy) is 2. The Hall–Kier alpha value is -0.570. The van der Waals surface area contributed by atoms with Crippen LogP contribution in [0.5, 0.6) is 0 Å². The van der Waals surface area contributed by atoms with Crippen LogP contribution >= 0.6 is 0 Å². The van der Waals surface area contributed by atoms with Crippen LogP contribution in [0.3, 0.4) is 0 Å². The summed E-state index contributed by atoms with van der Waals surface area (Å²) in [6.45, 7) is 7.02. The lowest BCUT2D eigenvalue weighted by atomic mass is 10.1. The van der Waals surface area contributed by atoms with Crippen molar-refractivity contribution in [2.45, 2.75) is 65.4 Å². The minimum atomic E-state index is -0.166. The second-order valence-electron chi connectivity index (χ2n) is 4.09. The molecule has 0 N–H and O–H groups in total. The van der Waals surface area contributed by atoms with Crippen molar-refractivity contribution in [1.82, 2.24) is 0 Å². The molecular formula is C13H26O3. The van der Waals surface area contributed by atoms with E-state index in [1.54, 1.807) is 0 Å². The van der Waals surface area contributed by atoms with E-state index in [0.717, 1.165) is 6.42 Å². The first kappa shape index (κ1) is 15.4. The van der Waals surface area contributed by atoms with Crippen molar-refractivity contribution in [3.05, 3.63) is 0 Å². The molecule has 0 aromatic carbocycles. The van der Waals surface area contributed by atoms with Gasteiger partial charge in [0, 0.05) is 0 Å². The van der Waals surface area contributed by atoms with Crippen molar-refractivity contribution in [1.29, 1.82) is 0 Å². The van der Waals surface area contributed by atoms with Gasteiger partial charge < -0.3 is 9.47 Å². The molecule has 96 valence electrons. The molecule has 1 atom stereocenters. The number of carbonyl (C=O) groups excluding carboxylic acids is 1. The van der Waals surface area contributed by atoms with Crippen LogP contribution in [0.2, 0.25) is 0 Å². The summed E-state index contributed by atoms with van der Waals surface area (Å²) < 4.78 is 10.4. The number of unbranched alkanes of at least 4 members (excludes halogenated alkanes) is 3. The zero-order valence-corrected chi connectivity index (χ0v) is 11.0. The number of hydrogen-bond donors (Lipinski definition) is 0. The van der Waals surface area contributed by atoms with E-state index in [0.29, 0.717) is 19.6 Å². The maximum absolute atomic E-state index is 11.0. The molecule has 0 radical (unpaired) electrons.